The zero-order valence-electron chi connectivity index (χ0n) is 71.0. The number of carboxylic acid groups (broad SMARTS) is 1. The number of fused-ring (bicyclic) bond motifs is 2. The first-order valence-corrected chi connectivity index (χ1v) is 43.1. The molecule has 2 aromatic heterocycles. The van der Waals surface area contributed by atoms with Gasteiger partial charge in [0.2, 0.25) is 82.7 Å². The number of aliphatic carboxylic acids is 1. The van der Waals surface area contributed by atoms with Crippen molar-refractivity contribution in [2.75, 3.05) is 45.9 Å². The molecule has 125 heavy (non-hydrogen) atoms. The predicted octanol–water partition coefficient (Wildman–Crippen LogP) is -2.30. The summed E-state index contributed by atoms with van der Waals surface area (Å²) < 4.78 is 0. The van der Waals surface area contributed by atoms with Gasteiger partial charge in [-0.1, -0.05) is 133 Å². The van der Waals surface area contributed by atoms with Gasteiger partial charge in [0.25, 0.3) is 0 Å². The second kappa shape index (κ2) is 55.3. The highest BCUT2D eigenvalue weighted by Crippen LogP contribution is 2.24. The number of Topliss-reactive ketones (excluding diaryl/α,β-unsaturated/α-hetero) is 1. The number of carboxylic acids is 1. The zero-order valence-corrected chi connectivity index (χ0v) is 71.0. The van der Waals surface area contributed by atoms with E-state index in [1.165, 1.54) is 12.5 Å². The van der Waals surface area contributed by atoms with Crippen LogP contribution in [-0.4, -0.2) is 259 Å². The molecule has 0 spiro atoms. The maximum Gasteiger partial charge on any atom is 0.303 e. The average Bonchev–Trinajstić information content (AvgIpc) is 1.69. The van der Waals surface area contributed by atoms with E-state index in [0.29, 0.717) is 36.8 Å². The fourth-order valence-electron chi connectivity index (χ4n) is 14.6. The maximum atomic E-state index is 15.3. The largest absolute Gasteiger partial charge is 0.481 e. The Hall–Kier alpha value is -12.0. The minimum Gasteiger partial charge on any atom is -0.481 e. The van der Waals surface area contributed by atoms with Crippen LogP contribution in [0.5, 0.6) is 0 Å². The van der Waals surface area contributed by atoms with Crippen LogP contribution in [0, 0.1) is 5.41 Å². The van der Waals surface area contributed by atoms with Crippen molar-refractivity contribution in [2.24, 2.45) is 17.2 Å². The molecule has 688 valence electrons. The monoisotopic (exact) mass is 1750 g/mol. The van der Waals surface area contributed by atoms with Gasteiger partial charge in [-0.05, 0) is 87.9 Å². The minimum atomic E-state index is -1.90. The minimum absolute atomic E-state index is 0.0184. The highest BCUT2D eigenvalue weighted by atomic mass is 16.4. The van der Waals surface area contributed by atoms with E-state index >= 15 is 14.4 Å². The second-order valence-corrected chi connectivity index (χ2v) is 31.6. The van der Waals surface area contributed by atoms with Crippen LogP contribution in [0.3, 0.4) is 0 Å². The number of unbranched alkanes of at least 4 members (excludes halogenated alkanes) is 12. The number of para-hydroxylation sites is 1. The topological polar surface area (TPSA) is 660 Å². The number of nitrogens with one attached hydrogen (secondary N) is 16. The fraction of sp³-hybridized carbons (Fsp3) is 0.595. The van der Waals surface area contributed by atoms with Crippen LogP contribution in [0.1, 0.15) is 197 Å². The van der Waals surface area contributed by atoms with Crippen molar-refractivity contribution in [3.05, 3.63) is 90.1 Å². The van der Waals surface area contributed by atoms with Gasteiger partial charge in [0, 0.05) is 87.8 Å². The SMILES string of the molecule is CCCC[C@H](NC(=O)C(CO)NC(=O)[C@H](Cc1c[nH]cn1)NC(=O)[C@H](CCC(N)=O)NC(=O)C(CO)NC(=O)CNC(=O)CCCCCCCCCCCCCCC(=O)O)C(=O)N[C@H]1CCC(=O)CNCCCC[C@@H](C(N)=O)NC(=O)[C@H](Cc2c[nH]c3ccccc23)NC(=O)[C@H](CCCNC(=N)N)NC(=O)[C@@H](Cc2ccccc2)NC(=O)[C@@H]2C[C@@H](O)CN2C1=O. The quantitative estimate of drug-likeness (QED) is 0.0126. The van der Waals surface area contributed by atoms with Crippen molar-refractivity contribution in [3.8, 4) is 0 Å². The second-order valence-electron chi connectivity index (χ2n) is 31.6. The smallest absolute Gasteiger partial charge is 0.303 e. The van der Waals surface area contributed by atoms with Crippen molar-refractivity contribution in [1.29, 1.82) is 5.41 Å². The van der Waals surface area contributed by atoms with Crippen LogP contribution in [-0.2, 0) is 96.0 Å². The Balaban J connectivity index is 1.18. The number of primary amides is 2. The molecule has 4 heterocycles. The van der Waals surface area contributed by atoms with Crippen LogP contribution in [0.25, 0.3) is 10.9 Å². The van der Waals surface area contributed by atoms with Gasteiger partial charge in [-0.2, -0.15) is 0 Å². The third-order valence-corrected chi connectivity index (χ3v) is 21.6. The van der Waals surface area contributed by atoms with Gasteiger partial charge in [0.15, 0.2) is 5.96 Å². The Morgan fingerprint density at radius 2 is 1.17 bits per heavy atom. The van der Waals surface area contributed by atoms with Gasteiger partial charge < -0.3 is 122 Å². The summed E-state index contributed by atoms with van der Waals surface area (Å²) in [6.07, 6.45) is 12.6. The number of aliphatic hydroxyl groups is 3. The zero-order chi connectivity index (χ0) is 91.2. The number of rotatable bonds is 47. The molecule has 26 N–H and O–H groups in total. The predicted molar refractivity (Wildman–Crippen MR) is 457 cm³/mol. The first kappa shape index (κ1) is 102. The summed E-state index contributed by atoms with van der Waals surface area (Å²) in [6, 6.07) is -1.90. The summed E-state index contributed by atoms with van der Waals surface area (Å²) in [5.41, 5.74) is 18.9. The molecule has 0 radical (unpaired) electrons. The standard InChI is InChI=1S/C84H127N21O20/c1-2-3-27-59(98-81(123)67(49-107)104-79(121)65(41-53-44-90-50-94-53)102-76(118)61(35-36-69(85)110)99-80(122)66(48-106)95-71(112)46-93-70(111)31-17-12-10-8-6-4-5-7-9-11-13-18-32-72(113)114)74(116)100-62-34-33-54(108)45-89-37-22-21-29-58(73(86)115)96-78(120)64(40-52-43-92-57-28-20-19-26-56(52)57)101-75(117)60(30-23-38-91-84(87)88)97-77(119)63(39-51-24-15-14-16-25-51)103-82(124)68-42-55(109)47-105(68)83(62)125/h14-16,19-20,24-26,28,43-44,50,55,58-68,89,92,106-107,109H,2-13,17-18,21-23,27,29-42,45-49H2,1H3,(H2,85,110)(H2,86,115)(H,90,94)(H,93,111)(H,95,112)(H,96,120)(H,97,119)(H,98,123)(H,99,122)(H,100,116)(H,101,117)(H,102,118)(H,103,124)(H,104,121)(H,113,114)(H4,87,88,91)/t55-,58+,59+,60+,61+,62+,63-,64+,65+,66?,67?,68+/m1/s1. The van der Waals surface area contributed by atoms with Gasteiger partial charge >= 0.3 is 5.97 Å². The molecular weight excluding hydrogens is 1620 g/mol. The van der Waals surface area contributed by atoms with E-state index in [2.05, 4.69) is 84.1 Å². The number of aliphatic hydroxyl groups excluding tert-OH is 3. The molecule has 2 saturated heterocycles. The summed E-state index contributed by atoms with van der Waals surface area (Å²) in [5.74, 6) is -14.9. The van der Waals surface area contributed by atoms with Crippen LogP contribution < -0.4 is 86.3 Å². The molecule has 41 heteroatoms. The molecule has 6 rings (SSSR count). The van der Waals surface area contributed by atoms with Gasteiger partial charge in [-0.15, -0.1) is 0 Å². The fourth-order valence-corrected chi connectivity index (χ4v) is 14.6. The van der Waals surface area contributed by atoms with E-state index in [1.807, 2.05) is 12.1 Å². The molecule has 2 unspecified atom stereocenters. The number of guanidine groups is 1. The first-order valence-electron chi connectivity index (χ1n) is 43.1. The van der Waals surface area contributed by atoms with Gasteiger partial charge in [0.1, 0.15) is 72.2 Å². The Kier molecular flexibility index (Phi) is 45.0. The molecule has 41 nitrogen and oxygen atoms in total. The van der Waals surface area contributed by atoms with Gasteiger partial charge in [-0.25, -0.2) is 4.98 Å². The maximum absolute atomic E-state index is 15.3. The number of amides is 14. The molecular formula is C84H127N21O20. The molecule has 2 aromatic carbocycles. The Morgan fingerprint density at radius 1 is 0.592 bits per heavy atom. The van der Waals surface area contributed by atoms with E-state index in [-0.39, 0.29) is 95.5 Å². The molecule has 2 aliphatic heterocycles. The number of H-pyrrole nitrogens is 2. The number of ketones is 1. The van der Waals surface area contributed by atoms with Crippen molar-refractivity contribution in [1.82, 2.24) is 89.0 Å². The van der Waals surface area contributed by atoms with Crippen molar-refractivity contribution in [3.63, 3.8) is 0 Å². The summed E-state index contributed by atoms with van der Waals surface area (Å²) >= 11 is 0. The third-order valence-electron chi connectivity index (χ3n) is 21.6. The number of carbonyl (C=O) groups is 16. The summed E-state index contributed by atoms with van der Waals surface area (Å²) in [4.78, 5) is 233. The number of benzene rings is 2. The lowest BCUT2D eigenvalue weighted by Gasteiger charge is -2.31. The summed E-state index contributed by atoms with van der Waals surface area (Å²) in [6.45, 7) is -1.50. The Bertz CT molecular complexity index is 4210. The lowest BCUT2D eigenvalue weighted by atomic mass is 10.0. The van der Waals surface area contributed by atoms with Crippen molar-refractivity contribution < 1.29 is 97.1 Å². The Morgan fingerprint density at radius 3 is 1.80 bits per heavy atom. The normalized spacial score (nSPS) is 19.6. The van der Waals surface area contributed by atoms with E-state index in [1.54, 1.807) is 55.6 Å². The molecule has 12 atom stereocenters. The number of nitrogens with zero attached hydrogens (tertiary/aromatic N) is 2. The summed E-state index contributed by atoms with van der Waals surface area (Å²) in [5, 5.41) is 83.4. The molecule has 2 aliphatic rings. The van der Waals surface area contributed by atoms with Crippen LogP contribution >= 0.6 is 0 Å². The Labute approximate surface area is 725 Å². The molecule has 0 saturated carbocycles. The number of aromatic nitrogens is 3. The van der Waals surface area contributed by atoms with Crippen molar-refractivity contribution >= 4 is 111 Å². The van der Waals surface area contributed by atoms with Crippen molar-refractivity contribution in [2.45, 2.75) is 272 Å². The number of imidazole rings is 1. The van der Waals surface area contributed by atoms with Crippen LogP contribution in [0.2, 0.25) is 0 Å². The lowest BCUT2D eigenvalue weighted by molar-refractivity contribution is -0.143. The number of hydrogen-bond acceptors (Lipinski definition) is 22. The van der Waals surface area contributed by atoms with Gasteiger partial charge in [0.05, 0.1) is 44.4 Å². The van der Waals surface area contributed by atoms with E-state index in [0.717, 1.165) is 80.0 Å². The number of aromatic amines is 2. The lowest BCUT2D eigenvalue weighted by Crippen LogP contribution is -2.61. The van der Waals surface area contributed by atoms with E-state index in [4.69, 9.17) is 27.7 Å². The molecule has 2 fully saturated rings. The molecule has 0 bridgehead atoms. The number of nitrogens with two attached hydrogens (primary N) is 3. The van der Waals surface area contributed by atoms with Crippen LogP contribution in [0.4, 0.5) is 0 Å². The molecule has 0 aliphatic carbocycles. The summed E-state index contributed by atoms with van der Waals surface area (Å²) in [7, 11) is 0. The highest BCUT2D eigenvalue weighted by molar-refractivity contribution is 6.01. The van der Waals surface area contributed by atoms with Gasteiger partial charge in [-0.3, -0.25) is 82.1 Å². The molecule has 14 amide bonds. The van der Waals surface area contributed by atoms with Crippen LogP contribution in [0.15, 0.2) is 73.3 Å². The highest BCUT2D eigenvalue weighted by Gasteiger charge is 2.44. The number of hydrogen-bond donors (Lipinski definition) is 23. The number of carbonyl (C=O) groups excluding carboxylic acids is 15. The average molecular weight is 1750 g/mol. The first-order chi connectivity index (χ1) is 60.0. The third kappa shape index (κ3) is 37.2. The molecule has 4 aromatic rings. The van der Waals surface area contributed by atoms with E-state index in [9.17, 15) is 77.6 Å². The van der Waals surface area contributed by atoms with E-state index < -0.39 is 232 Å².